The smallest absolute Gasteiger partial charge is 0.129 e. The Balaban J connectivity index is 1.93. The average Bonchev–Trinajstić information content (AvgIpc) is 2.87. The lowest BCUT2D eigenvalue weighted by Gasteiger charge is -2.24. The topological polar surface area (TPSA) is 21.3 Å². The Morgan fingerprint density at radius 1 is 1.21 bits per heavy atom. The van der Waals surface area contributed by atoms with Gasteiger partial charge in [-0.2, -0.15) is 0 Å². The second-order valence-electron chi connectivity index (χ2n) is 5.12. The molecule has 0 spiro atoms. The summed E-state index contributed by atoms with van der Waals surface area (Å²) >= 11 is 0. The van der Waals surface area contributed by atoms with Crippen LogP contribution < -0.4 is 10.1 Å². The van der Waals surface area contributed by atoms with Gasteiger partial charge < -0.3 is 10.1 Å². The molecule has 1 unspecified atom stereocenters. The van der Waals surface area contributed by atoms with Crippen LogP contribution in [-0.2, 0) is 0 Å². The molecule has 0 aromatic heterocycles. The number of rotatable bonds is 6. The molecule has 0 aliphatic heterocycles. The molecule has 19 heavy (non-hydrogen) atoms. The molecule has 1 fully saturated rings. The zero-order valence-corrected chi connectivity index (χ0v) is 11.3. The number of likely N-dealkylation sites (N-methyl/N-ethyl adjacent to an activating group) is 1. The first-order chi connectivity index (χ1) is 9.19. The van der Waals surface area contributed by atoms with Crippen LogP contribution >= 0.6 is 0 Å². The third-order valence-corrected chi connectivity index (χ3v) is 3.70. The van der Waals surface area contributed by atoms with Crippen LogP contribution in [0.2, 0.25) is 0 Å². The maximum Gasteiger partial charge on any atom is 0.129 e. The Morgan fingerprint density at radius 3 is 2.42 bits per heavy atom. The summed E-state index contributed by atoms with van der Waals surface area (Å²) in [5, 5.41) is 3.41. The van der Waals surface area contributed by atoms with E-state index >= 15 is 0 Å². The molecule has 1 aliphatic rings. The van der Waals surface area contributed by atoms with E-state index in [1.807, 2.05) is 0 Å². The minimum absolute atomic E-state index is 0.262. The van der Waals surface area contributed by atoms with E-state index < -0.39 is 11.6 Å². The van der Waals surface area contributed by atoms with Crippen LogP contribution in [0.1, 0.15) is 32.6 Å². The molecule has 0 amide bonds. The number of ether oxygens (including phenoxy) is 1. The summed E-state index contributed by atoms with van der Waals surface area (Å²) in [6.07, 6.45) is 4.94. The van der Waals surface area contributed by atoms with Crippen LogP contribution in [-0.4, -0.2) is 19.2 Å². The van der Waals surface area contributed by atoms with Gasteiger partial charge in [-0.05, 0) is 25.3 Å². The fourth-order valence-corrected chi connectivity index (χ4v) is 2.78. The first kappa shape index (κ1) is 14.3. The molecule has 1 aromatic carbocycles. The lowest BCUT2D eigenvalue weighted by atomic mass is 9.99. The van der Waals surface area contributed by atoms with Crippen LogP contribution in [0.15, 0.2) is 18.2 Å². The Labute approximate surface area is 113 Å². The van der Waals surface area contributed by atoms with Crippen LogP contribution in [0.3, 0.4) is 0 Å². The number of nitrogens with one attached hydrogen (secondary N) is 1. The first-order valence-electron chi connectivity index (χ1n) is 7.01. The third-order valence-electron chi connectivity index (χ3n) is 3.70. The average molecular weight is 269 g/mol. The van der Waals surface area contributed by atoms with E-state index in [1.165, 1.54) is 37.8 Å². The normalized spacial score (nSPS) is 17.6. The van der Waals surface area contributed by atoms with Gasteiger partial charge in [-0.15, -0.1) is 0 Å². The standard InChI is InChI=1S/C15H21F2NO/c1-2-18-15(11-5-3-4-6-11)10-19-14-8-12(16)7-13(17)9-14/h7-9,11,15,18H,2-6,10H2,1H3. The molecule has 0 heterocycles. The lowest BCUT2D eigenvalue weighted by molar-refractivity contribution is 0.218. The van der Waals surface area contributed by atoms with E-state index in [2.05, 4.69) is 12.2 Å². The molecule has 1 atom stereocenters. The Morgan fingerprint density at radius 2 is 1.84 bits per heavy atom. The van der Waals surface area contributed by atoms with Crippen molar-refractivity contribution in [1.82, 2.24) is 5.32 Å². The van der Waals surface area contributed by atoms with E-state index in [-0.39, 0.29) is 11.8 Å². The SMILES string of the molecule is CCNC(COc1cc(F)cc(F)c1)C1CCCC1. The van der Waals surface area contributed by atoms with Gasteiger partial charge in [0, 0.05) is 24.2 Å². The molecule has 106 valence electrons. The monoisotopic (exact) mass is 269 g/mol. The summed E-state index contributed by atoms with van der Waals surface area (Å²) in [4.78, 5) is 0. The highest BCUT2D eigenvalue weighted by molar-refractivity contribution is 5.23. The fraction of sp³-hybridized carbons (Fsp3) is 0.600. The van der Waals surface area contributed by atoms with Crippen molar-refractivity contribution in [2.75, 3.05) is 13.2 Å². The number of halogens is 2. The van der Waals surface area contributed by atoms with Crippen molar-refractivity contribution in [3.05, 3.63) is 29.8 Å². The lowest BCUT2D eigenvalue weighted by Crippen LogP contribution is -2.40. The molecule has 2 nitrogen and oxygen atoms in total. The predicted octanol–water partition coefficient (Wildman–Crippen LogP) is 3.51. The number of benzene rings is 1. The van der Waals surface area contributed by atoms with Gasteiger partial charge in [-0.3, -0.25) is 0 Å². The van der Waals surface area contributed by atoms with Gasteiger partial charge in [-0.1, -0.05) is 19.8 Å². The van der Waals surface area contributed by atoms with E-state index in [4.69, 9.17) is 4.74 Å². The quantitative estimate of drug-likeness (QED) is 0.853. The van der Waals surface area contributed by atoms with Gasteiger partial charge in [0.2, 0.25) is 0 Å². The first-order valence-corrected chi connectivity index (χ1v) is 7.01. The summed E-state index contributed by atoms with van der Waals surface area (Å²) in [6, 6.07) is 3.56. The molecule has 4 heteroatoms. The number of hydrogen-bond donors (Lipinski definition) is 1. The summed E-state index contributed by atoms with van der Waals surface area (Å²) in [6.45, 7) is 3.40. The van der Waals surface area contributed by atoms with Gasteiger partial charge in [0.15, 0.2) is 0 Å². The molecule has 1 aromatic rings. The molecule has 1 N–H and O–H groups in total. The molecule has 0 saturated heterocycles. The van der Waals surface area contributed by atoms with E-state index in [0.29, 0.717) is 12.5 Å². The number of hydrogen-bond acceptors (Lipinski definition) is 2. The van der Waals surface area contributed by atoms with Crippen LogP contribution in [0.4, 0.5) is 8.78 Å². The van der Waals surface area contributed by atoms with Gasteiger partial charge in [0.25, 0.3) is 0 Å². The molecular weight excluding hydrogens is 248 g/mol. The predicted molar refractivity (Wildman–Crippen MR) is 71.3 cm³/mol. The largest absolute Gasteiger partial charge is 0.492 e. The Kier molecular flexibility index (Phi) is 5.14. The maximum atomic E-state index is 13.1. The van der Waals surface area contributed by atoms with E-state index in [9.17, 15) is 8.78 Å². The van der Waals surface area contributed by atoms with Gasteiger partial charge in [-0.25, -0.2) is 8.78 Å². The minimum atomic E-state index is -0.601. The van der Waals surface area contributed by atoms with Crippen molar-refractivity contribution in [3.63, 3.8) is 0 Å². The van der Waals surface area contributed by atoms with E-state index in [1.54, 1.807) is 0 Å². The van der Waals surface area contributed by atoms with Crippen molar-refractivity contribution < 1.29 is 13.5 Å². The molecule has 1 aliphatic carbocycles. The van der Waals surface area contributed by atoms with Crippen molar-refractivity contribution in [1.29, 1.82) is 0 Å². The van der Waals surface area contributed by atoms with Crippen molar-refractivity contribution in [2.24, 2.45) is 5.92 Å². The summed E-state index contributed by atoms with van der Waals surface area (Å²) in [7, 11) is 0. The third kappa shape index (κ3) is 4.16. The molecule has 2 rings (SSSR count). The van der Waals surface area contributed by atoms with Gasteiger partial charge >= 0.3 is 0 Å². The summed E-state index contributed by atoms with van der Waals surface area (Å²) < 4.78 is 31.7. The van der Waals surface area contributed by atoms with Crippen LogP contribution in [0, 0.1) is 17.6 Å². The highest BCUT2D eigenvalue weighted by atomic mass is 19.1. The van der Waals surface area contributed by atoms with Crippen molar-refractivity contribution >= 4 is 0 Å². The fourth-order valence-electron chi connectivity index (χ4n) is 2.78. The van der Waals surface area contributed by atoms with Gasteiger partial charge in [0.05, 0.1) is 0 Å². The zero-order chi connectivity index (χ0) is 13.7. The molecular formula is C15H21F2NO. The zero-order valence-electron chi connectivity index (χ0n) is 11.3. The molecule has 0 radical (unpaired) electrons. The minimum Gasteiger partial charge on any atom is -0.492 e. The van der Waals surface area contributed by atoms with Crippen LogP contribution in [0.25, 0.3) is 0 Å². The summed E-state index contributed by atoms with van der Waals surface area (Å²) in [5.74, 6) is -0.330. The second kappa shape index (κ2) is 6.85. The maximum absolute atomic E-state index is 13.1. The summed E-state index contributed by atoms with van der Waals surface area (Å²) in [5.41, 5.74) is 0. The Bertz CT molecular complexity index is 385. The van der Waals surface area contributed by atoms with Crippen LogP contribution in [0.5, 0.6) is 5.75 Å². The second-order valence-corrected chi connectivity index (χ2v) is 5.12. The molecule has 1 saturated carbocycles. The Hall–Kier alpha value is -1.16. The van der Waals surface area contributed by atoms with E-state index in [0.717, 1.165) is 12.6 Å². The van der Waals surface area contributed by atoms with Gasteiger partial charge in [0.1, 0.15) is 24.0 Å². The highest BCUT2D eigenvalue weighted by Gasteiger charge is 2.24. The highest BCUT2D eigenvalue weighted by Crippen LogP contribution is 2.28. The molecule has 0 bridgehead atoms. The van der Waals surface area contributed by atoms with Crippen molar-refractivity contribution in [2.45, 2.75) is 38.6 Å². The van der Waals surface area contributed by atoms with Crippen molar-refractivity contribution in [3.8, 4) is 5.75 Å².